The molecule has 0 aromatic rings. The maximum absolute atomic E-state index is 13.8. The van der Waals surface area contributed by atoms with Crippen molar-refractivity contribution in [3.63, 3.8) is 0 Å². The molecule has 0 aromatic carbocycles. The summed E-state index contributed by atoms with van der Waals surface area (Å²) in [7, 11) is 0. The Bertz CT molecular complexity index is 946. The summed E-state index contributed by atoms with van der Waals surface area (Å²) in [6, 6.07) is 0. The van der Waals surface area contributed by atoms with Crippen molar-refractivity contribution in [3.8, 4) is 0 Å². The van der Waals surface area contributed by atoms with Crippen LogP contribution in [-0.2, 0) is 14.4 Å². The van der Waals surface area contributed by atoms with Crippen molar-refractivity contribution in [2.45, 2.75) is 92.1 Å². The van der Waals surface area contributed by atoms with Gasteiger partial charge in [-0.3, -0.25) is 14.4 Å². The van der Waals surface area contributed by atoms with E-state index in [1.165, 1.54) is 0 Å². The summed E-state index contributed by atoms with van der Waals surface area (Å²) >= 11 is 0. The summed E-state index contributed by atoms with van der Waals surface area (Å²) in [5.41, 5.74) is 2.13. The van der Waals surface area contributed by atoms with Gasteiger partial charge in [0.25, 0.3) is 0 Å². The van der Waals surface area contributed by atoms with Crippen LogP contribution >= 0.6 is 0 Å². The van der Waals surface area contributed by atoms with Gasteiger partial charge in [0.1, 0.15) is 5.78 Å². The molecular formula is C29H42O5. The van der Waals surface area contributed by atoms with Gasteiger partial charge in [-0.15, -0.1) is 0 Å². The monoisotopic (exact) mass is 470 g/mol. The summed E-state index contributed by atoms with van der Waals surface area (Å²) in [5.74, 6) is -0.0967. The van der Waals surface area contributed by atoms with Crippen LogP contribution in [0.25, 0.3) is 0 Å². The number of aliphatic hydroxyl groups excluding tert-OH is 1. The average molecular weight is 471 g/mol. The highest BCUT2D eigenvalue weighted by Gasteiger charge is 2.61. The number of carboxylic acid groups (broad SMARTS) is 1. The summed E-state index contributed by atoms with van der Waals surface area (Å²) in [5, 5.41) is 20.6. The van der Waals surface area contributed by atoms with Crippen molar-refractivity contribution in [2.24, 2.45) is 46.3 Å². The molecule has 2 N–H and O–H groups in total. The zero-order chi connectivity index (χ0) is 25.2. The Balaban J connectivity index is 1.61. The number of carboxylic acids is 1. The zero-order valence-electron chi connectivity index (χ0n) is 21.5. The van der Waals surface area contributed by atoms with Crippen LogP contribution in [0.2, 0.25) is 0 Å². The maximum Gasteiger partial charge on any atom is 0.310 e. The fraction of sp³-hybridized carbons (Fsp3) is 0.759. The number of carbonyl (C=O) groups is 3. The van der Waals surface area contributed by atoms with E-state index in [1.54, 1.807) is 6.92 Å². The number of fused-ring (bicyclic) bond motifs is 4. The highest BCUT2D eigenvalue weighted by Crippen LogP contribution is 2.65. The topological polar surface area (TPSA) is 91.7 Å². The third-order valence-electron chi connectivity index (χ3n) is 10.7. The molecule has 5 heteroatoms. The predicted octanol–water partition coefficient (Wildman–Crippen LogP) is 5.37. The molecule has 34 heavy (non-hydrogen) atoms. The standard InChI is InChI=1S/C29H42O5/c1-15(17(3)27(33)34)7-8-16(2)19-9-10-20-25-23(31)13-21-18(4)22(30)11-12-28(21,5)26(25)24(32)14-29(19,20)6/h16-21,23,31H,1,7-14H2,2-6H3,(H,33,34)/t16-,17-,18+,19-,20-,21-,23+,28+,29-/m1/s1. The number of Topliss-reactive ketones (excluding diaryl/α,β-unsaturated/α-hetero) is 2. The molecule has 4 aliphatic rings. The first-order valence-corrected chi connectivity index (χ1v) is 13.2. The molecule has 4 rings (SSSR count). The van der Waals surface area contributed by atoms with E-state index in [1.807, 2.05) is 6.92 Å². The van der Waals surface area contributed by atoms with E-state index in [9.17, 15) is 24.6 Å². The molecule has 0 amide bonds. The smallest absolute Gasteiger partial charge is 0.310 e. The molecule has 0 unspecified atom stereocenters. The van der Waals surface area contributed by atoms with Gasteiger partial charge in [0.05, 0.1) is 12.0 Å². The Kier molecular flexibility index (Phi) is 6.50. The van der Waals surface area contributed by atoms with Crippen LogP contribution in [0.4, 0.5) is 0 Å². The molecule has 9 atom stereocenters. The van der Waals surface area contributed by atoms with Crippen LogP contribution in [0.5, 0.6) is 0 Å². The molecule has 0 aliphatic heterocycles. The summed E-state index contributed by atoms with van der Waals surface area (Å²) in [6.45, 7) is 14.3. The summed E-state index contributed by atoms with van der Waals surface area (Å²) < 4.78 is 0. The normalized spacial score (nSPS) is 41.4. The van der Waals surface area contributed by atoms with E-state index in [4.69, 9.17) is 0 Å². The molecule has 5 nitrogen and oxygen atoms in total. The lowest BCUT2D eigenvalue weighted by atomic mass is 9.48. The number of rotatable bonds is 6. The van der Waals surface area contributed by atoms with E-state index in [0.717, 1.165) is 36.0 Å². The lowest BCUT2D eigenvalue weighted by Gasteiger charge is -2.55. The Morgan fingerprint density at radius 2 is 1.88 bits per heavy atom. The second kappa shape index (κ2) is 8.72. The predicted molar refractivity (Wildman–Crippen MR) is 131 cm³/mol. The quantitative estimate of drug-likeness (QED) is 0.509. The molecule has 0 aromatic heterocycles. The van der Waals surface area contributed by atoms with Gasteiger partial charge in [0.2, 0.25) is 0 Å². The summed E-state index contributed by atoms with van der Waals surface area (Å²) in [4.78, 5) is 37.6. The zero-order valence-corrected chi connectivity index (χ0v) is 21.5. The molecule has 0 radical (unpaired) electrons. The lowest BCUT2D eigenvalue weighted by molar-refractivity contribution is -0.140. The fourth-order valence-corrected chi connectivity index (χ4v) is 8.50. The van der Waals surface area contributed by atoms with Gasteiger partial charge in [0.15, 0.2) is 5.78 Å². The van der Waals surface area contributed by atoms with Crippen molar-refractivity contribution < 1.29 is 24.6 Å². The molecular weight excluding hydrogens is 428 g/mol. The highest BCUT2D eigenvalue weighted by atomic mass is 16.4. The van der Waals surface area contributed by atoms with E-state index in [2.05, 4.69) is 27.4 Å². The van der Waals surface area contributed by atoms with E-state index in [0.29, 0.717) is 43.9 Å². The Labute approximate surface area is 204 Å². The minimum Gasteiger partial charge on any atom is -0.481 e. The third kappa shape index (κ3) is 3.73. The SMILES string of the molecule is C=C(CC[C@@H](C)[C@H]1CC[C@@H]2C3=C(C(=O)C[C@@]21C)[C@@]1(C)CCC(=O)[C@@H](C)[C@H]1C[C@@H]3O)[C@@H](C)C(=O)O. The minimum absolute atomic E-state index is 0.0363. The molecule has 0 saturated heterocycles. The van der Waals surface area contributed by atoms with Crippen LogP contribution in [-0.4, -0.2) is 33.9 Å². The summed E-state index contributed by atoms with van der Waals surface area (Å²) in [6.07, 6.45) is 5.24. The Hall–Kier alpha value is -1.75. The van der Waals surface area contributed by atoms with E-state index in [-0.39, 0.29) is 40.2 Å². The number of hydrogen-bond acceptors (Lipinski definition) is 4. The molecule has 0 bridgehead atoms. The molecule has 2 saturated carbocycles. The number of aliphatic carboxylic acids is 1. The van der Waals surface area contributed by atoms with Crippen molar-refractivity contribution in [3.05, 3.63) is 23.3 Å². The van der Waals surface area contributed by atoms with Crippen LogP contribution in [0.15, 0.2) is 23.3 Å². The average Bonchev–Trinajstić information content (AvgIpc) is 3.11. The maximum atomic E-state index is 13.8. The van der Waals surface area contributed by atoms with E-state index >= 15 is 0 Å². The Morgan fingerprint density at radius 3 is 2.53 bits per heavy atom. The molecule has 4 aliphatic carbocycles. The molecule has 0 spiro atoms. The molecule has 188 valence electrons. The van der Waals surface area contributed by atoms with Gasteiger partial charge in [-0.25, -0.2) is 0 Å². The van der Waals surface area contributed by atoms with Crippen molar-refractivity contribution in [1.82, 2.24) is 0 Å². The second-order valence-electron chi connectivity index (χ2n) is 12.4. The number of carbonyl (C=O) groups excluding carboxylic acids is 2. The fourth-order valence-electron chi connectivity index (χ4n) is 8.50. The van der Waals surface area contributed by atoms with Crippen LogP contribution < -0.4 is 0 Å². The van der Waals surface area contributed by atoms with Crippen molar-refractivity contribution >= 4 is 17.5 Å². The highest BCUT2D eigenvalue weighted by molar-refractivity contribution is 6.00. The number of ketones is 2. The second-order valence-corrected chi connectivity index (χ2v) is 12.4. The Morgan fingerprint density at radius 1 is 1.21 bits per heavy atom. The largest absolute Gasteiger partial charge is 0.481 e. The van der Waals surface area contributed by atoms with Crippen LogP contribution in [0.1, 0.15) is 86.0 Å². The first kappa shape index (κ1) is 25.3. The first-order valence-electron chi connectivity index (χ1n) is 13.2. The first-order chi connectivity index (χ1) is 15.8. The van der Waals surface area contributed by atoms with Crippen LogP contribution in [0.3, 0.4) is 0 Å². The van der Waals surface area contributed by atoms with E-state index < -0.39 is 18.0 Å². The van der Waals surface area contributed by atoms with Gasteiger partial charge in [-0.1, -0.05) is 39.8 Å². The molecule has 0 heterocycles. The van der Waals surface area contributed by atoms with Crippen molar-refractivity contribution in [1.29, 1.82) is 0 Å². The van der Waals surface area contributed by atoms with Gasteiger partial charge in [-0.2, -0.15) is 0 Å². The van der Waals surface area contributed by atoms with Gasteiger partial charge in [0, 0.05) is 29.7 Å². The van der Waals surface area contributed by atoms with Gasteiger partial charge < -0.3 is 10.2 Å². The van der Waals surface area contributed by atoms with Gasteiger partial charge >= 0.3 is 5.97 Å². The van der Waals surface area contributed by atoms with Crippen molar-refractivity contribution in [2.75, 3.05) is 0 Å². The lowest BCUT2D eigenvalue weighted by Crippen LogP contribution is -2.54. The number of aliphatic hydroxyl groups is 1. The number of allylic oxidation sites excluding steroid dienone is 1. The van der Waals surface area contributed by atoms with Crippen LogP contribution in [0, 0.1) is 46.3 Å². The third-order valence-corrected chi connectivity index (χ3v) is 10.7. The molecule has 2 fully saturated rings. The number of hydrogen-bond donors (Lipinski definition) is 2. The van der Waals surface area contributed by atoms with Gasteiger partial charge in [-0.05, 0) is 80.1 Å². The minimum atomic E-state index is -0.834.